The first-order valence-corrected chi connectivity index (χ1v) is 8.98. The maximum Gasteiger partial charge on any atom is 0.258 e. The van der Waals surface area contributed by atoms with Crippen LogP contribution in [0.15, 0.2) is 30.6 Å². The van der Waals surface area contributed by atoms with E-state index in [1.54, 1.807) is 12.4 Å². The molecule has 3 rings (SSSR count). The first-order chi connectivity index (χ1) is 12.0. The second-order valence-electron chi connectivity index (χ2n) is 7.29. The Labute approximate surface area is 149 Å². The smallest absolute Gasteiger partial charge is 0.258 e. The lowest BCUT2D eigenvalue weighted by atomic mass is 9.92. The van der Waals surface area contributed by atoms with E-state index >= 15 is 0 Å². The third-order valence-corrected chi connectivity index (χ3v) is 4.44. The predicted octanol–water partition coefficient (Wildman–Crippen LogP) is 4.55. The number of hydrogen-bond acceptors (Lipinski definition) is 4. The maximum atomic E-state index is 12.7. The number of para-hydroxylation sites is 1. The highest BCUT2D eigenvalue weighted by atomic mass is 16.1. The van der Waals surface area contributed by atoms with Gasteiger partial charge in [-0.3, -0.25) is 4.79 Å². The summed E-state index contributed by atoms with van der Waals surface area (Å²) in [4.78, 5) is 21.2. The fraction of sp³-hybridized carbons (Fsp3) is 0.450. The molecule has 1 heterocycles. The van der Waals surface area contributed by atoms with Crippen molar-refractivity contribution in [1.29, 1.82) is 0 Å². The van der Waals surface area contributed by atoms with Crippen molar-refractivity contribution in [3.63, 3.8) is 0 Å². The van der Waals surface area contributed by atoms with Crippen molar-refractivity contribution >= 4 is 17.5 Å². The van der Waals surface area contributed by atoms with Gasteiger partial charge in [-0.1, -0.05) is 45.9 Å². The molecule has 0 unspecified atom stereocenters. The number of rotatable bonds is 6. The molecule has 5 nitrogen and oxygen atoms in total. The van der Waals surface area contributed by atoms with Gasteiger partial charge in [-0.25, -0.2) is 9.97 Å². The summed E-state index contributed by atoms with van der Waals surface area (Å²) in [5.74, 6) is 1.07. The van der Waals surface area contributed by atoms with E-state index in [1.165, 1.54) is 0 Å². The van der Waals surface area contributed by atoms with Crippen LogP contribution < -0.4 is 10.6 Å². The third-order valence-electron chi connectivity index (χ3n) is 4.44. The van der Waals surface area contributed by atoms with Crippen molar-refractivity contribution in [1.82, 2.24) is 9.97 Å². The lowest BCUT2D eigenvalue weighted by Gasteiger charge is -2.20. The molecule has 1 aromatic carbocycles. The van der Waals surface area contributed by atoms with Gasteiger partial charge in [0.1, 0.15) is 0 Å². The zero-order chi connectivity index (χ0) is 18.0. The minimum atomic E-state index is -0.173. The number of aromatic nitrogens is 2. The van der Waals surface area contributed by atoms with Crippen LogP contribution in [0.1, 0.15) is 73.9 Å². The molecule has 1 aliphatic carbocycles. The van der Waals surface area contributed by atoms with Gasteiger partial charge >= 0.3 is 0 Å². The minimum Gasteiger partial charge on any atom is -0.351 e. The molecule has 0 saturated heterocycles. The molecule has 0 atom stereocenters. The quantitative estimate of drug-likeness (QED) is 0.811. The predicted molar refractivity (Wildman–Crippen MR) is 101 cm³/mol. The van der Waals surface area contributed by atoms with Crippen LogP contribution in [0.4, 0.5) is 11.6 Å². The maximum absolute atomic E-state index is 12.7. The van der Waals surface area contributed by atoms with Crippen LogP contribution in [0.25, 0.3) is 0 Å². The first-order valence-electron chi connectivity index (χ1n) is 8.98. The Morgan fingerprint density at radius 1 is 1.04 bits per heavy atom. The number of amides is 1. The van der Waals surface area contributed by atoms with Crippen LogP contribution in [-0.4, -0.2) is 21.9 Å². The lowest BCUT2D eigenvalue weighted by molar-refractivity contribution is 0.102. The fourth-order valence-corrected chi connectivity index (χ4v) is 2.81. The van der Waals surface area contributed by atoms with Gasteiger partial charge in [-0.15, -0.1) is 0 Å². The summed E-state index contributed by atoms with van der Waals surface area (Å²) in [6, 6.07) is 6.70. The summed E-state index contributed by atoms with van der Waals surface area (Å²) >= 11 is 0. The molecule has 0 spiro atoms. The highest BCUT2D eigenvalue weighted by Crippen LogP contribution is 2.32. The summed E-state index contributed by atoms with van der Waals surface area (Å²) in [6.07, 6.45) is 5.49. The van der Waals surface area contributed by atoms with E-state index in [0.717, 1.165) is 29.7 Å². The summed E-state index contributed by atoms with van der Waals surface area (Å²) in [5.41, 5.74) is 3.67. The van der Waals surface area contributed by atoms with Crippen molar-refractivity contribution < 1.29 is 4.79 Å². The molecule has 2 aromatic rings. The minimum absolute atomic E-state index is 0.173. The molecule has 132 valence electrons. The number of anilines is 2. The van der Waals surface area contributed by atoms with Crippen LogP contribution >= 0.6 is 0 Å². The van der Waals surface area contributed by atoms with Gasteiger partial charge in [0.15, 0.2) is 0 Å². The van der Waals surface area contributed by atoms with E-state index in [9.17, 15) is 4.79 Å². The number of carbonyl (C=O) groups is 1. The Morgan fingerprint density at radius 3 is 2.08 bits per heavy atom. The van der Waals surface area contributed by atoms with Crippen LogP contribution in [0.2, 0.25) is 0 Å². The van der Waals surface area contributed by atoms with Crippen LogP contribution in [0.5, 0.6) is 0 Å². The molecular formula is C20H26N4O. The number of nitrogens with zero attached hydrogens (tertiary/aromatic N) is 2. The molecule has 0 radical (unpaired) electrons. The Kier molecular flexibility index (Phi) is 5.02. The zero-order valence-corrected chi connectivity index (χ0v) is 15.3. The molecule has 1 saturated carbocycles. The third kappa shape index (κ3) is 4.16. The topological polar surface area (TPSA) is 66.9 Å². The number of carbonyl (C=O) groups excluding carboxylic acids is 1. The molecular weight excluding hydrogens is 312 g/mol. The Balaban J connectivity index is 1.82. The van der Waals surface area contributed by atoms with Crippen molar-refractivity contribution in [2.24, 2.45) is 0 Å². The standard InChI is InChI=1S/C20H26N4O/c1-12(2)16-6-5-7-17(13(3)4)18(16)24-19(25)14-10-21-20(22-11-14)23-15-8-9-15/h5-7,10-13,15H,8-9H2,1-4H3,(H,24,25)(H,21,22,23). The van der Waals surface area contributed by atoms with Crippen LogP contribution in [-0.2, 0) is 0 Å². The zero-order valence-electron chi connectivity index (χ0n) is 15.3. The largest absolute Gasteiger partial charge is 0.351 e. The fourth-order valence-electron chi connectivity index (χ4n) is 2.81. The van der Waals surface area contributed by atoms with E-state index in [4.69, 9.17) is 0 Å². The van der Waals surface area contributed by atoms with E-state index < -0.39 is 0 Å². The van der Waals surface area contributed by atoms with E-state index in [-0.39, 0.29) is 5.91 Å². The average molecular weight is 338 g/mol. The SMILES string of the molecule is CC(C)c1cccc(C(C)C)c1NC(=O)c1cnc(NC2CC2)nc1. The number of hydrogen-bond donors (Lipinski definition) is 2. The molecule has 5 heteroatoms. The second-order valence-corrected chi connectivity index (χ2v) is 7.29. The van der Waals surface area contributed by atoms with Crippen molar-refractivity contribution in [2.45, 2.75) is 58.4 Å². The highest BCUT2D eigenvalue weighted by Gasteiger charge is 2.22. The molecule has 1 fully saturated rings. The van der Waals surface area contributed by atoms with Crippen LogP contribution in [0.3, 0.4) is 0 Å². The molecule has 25 heavy (non-hydrogen) atoms. The summed E-state index contributed by atoms with van der Waals surface area (Å²) in [5, 5.41) is 6.32. The summed E-state index contributed by atoms with van der Waals surface area (Å²) in [6.45, 7) is 8.54. The summed E-state index contributed by atoms with van der Waals surface area (Å²) in [7, 11) is 0. The number of nitrogens with one attached hydrogen (secondary N) is 2. The van der Waals surface area contributed by atoms with E-state index in [2.05, 4.69) is 66.5 Å². The Bertz CT molecular complexity index is 723. The highest BCUT2D eigenvalue weighted by molar-refractivity contribution is 6.04. The van der Waals surface area contributed by atoms with Gasteiger partial charge in [-0.2, -0.15) is 0 Å². The van der Waals surface area contributed by atoms with E-state index in [1.807, 2.05) is 0 Å². The van der Waals surface area contributed by atoms with Gasteiger partial charge in [0, 0.05) is 24.1 Å². The normalized spacial score (nSPS) is 14.0. The van der Waals surface area contributed by atoms with Gasteiger partial charge < -0.3 is 10.6 Å². The van der Waals surface area contributed by atoms with Crippen molar-refractivity contribution in [3.05, 3.63) is 47.3 Å². The monoisotopic (exact) mass is 338 g/mol. The molecule has 1 aromatic heterocycles. The van der Waals surface area contributed by atoms with Gasteiger partial charge in [0.2, 0.25) is 5.95 Å². The van der Waals surface area contributed by atoms with E-state index in [0.29, 0.717) is 29.4 Å². The van der Waals surface area contributed by atoms with Gasteiger partial charge in [-0.05, 0) is 35.8 Å². The molecule has 0 bridgehead atoms. The van der Waals surface area contributed by atoms with Crippen LogP contribution in [0, 0.1) is 0 Å². The number of benzene rings is 1. The molecule has 2 N–H and O–H groups in total. The van der Waals surface area contributed by atoms with Gasteiger partial charge in [0.25, 0.3) is 5.91 Å². The average Bonchev–Trinajstić information content (AvgIpc) is 3.39. The Hall–Kier alpha value is -2.43. The molecule has 1 aliphatic rings. The van der Waals surface area contributed by atoms with Crippen molar-refractivity contribution in [3.8, 4) is 0 Å². The molecule has 1 amide bonds. The lowest BCUT2D eigenvalue weighted by Crippen LogP contribution is -2.17. The Morgan fingerprint density at radius 2 is 1.60 bits per heavy atom. The summed E-state index contributed by atoms with van der Waals surface area (Å²) < 4.78 is 0. The first kappa shape index (κ1) is 17.4. The van der Waals surface area contributed by atoms with Gasteiger partial charge in [0.05, 0.1) is 5.56 Å². The van der Waals surface area contributed by atoms with Crippen molar-refractivity contribution in [2.75, 3.05) is 10.6 Å². The molecule has 0 aliphatic heterocycles. The second kappa shape index (κ2) is 7.21.